The Bertz CT molecular complexity index is 1250. The monoisotopic (exact) mass is 459 g/mol. The van der Waals surface area contributed by atoms with Crippen molar-refractivity contribution in [2.45, 2.75) is 12.1 Å². The largest absolute Gasteiger partial charge is 0.516 e. The van der Waals surface area contributed by atoms with Crippen molar-refractivity contribution in [3.63, 3.8) is 0 Å². The van der Waals surface area contributed by atoms with E-state index >= 15 is 0 Å². The predicted molar refractivity (Wildman–Crippen MR) is 113 cm³/mol. The summed E-state index contributed by atoms with van der Waals surface area (Å²) in [6, 6.07) is 21.1. The van der Waals surface area contributed by atoms with Gasteiger partial charge in [0.2, 0.25) is 0 Å². The van der Waals surface area contributed by atoms with Crippen LogP contribution in [0.4, 0.5) is 18.9 Å². The van der Waals surface area contributed by atoms with Crippen molar-refractivity contribution in [3.8, 4) is 17.2 Å². The minimum atomic E-state index is -5.49. The fourth-order valence-electron chi connectivity index (χ4n) is 2.74. The maximum atomic E-state index is 12.4. The van der Waals surface area contributed by atoms with Gasteiger partial charge in [-0.3, -0.25) is 9.52 Å². The molecule has 0 unspecified atom stereocenters. The number of carbonyl (C=O) groups excluding carboxylic acids is 1. The summed E-state index contributed by atoms with van der Waals surface area (Å²) >= 11 is 0. The smallest absolute Gasteiger partial charge is 0.348 e. The lowest BCUT2D eigenvalue weighted by Crippen LogP contribution is -2.29. The van der Waals surface area contributed by atoms with E-state index in [1.807, 2.05) is 18.2 Å². The zero-order chi connectivity index (χ0) is 23.4. The molecule has 0 aliphatic rings. The van der Waals surface area contributed by atoms with Gasteiger partial charge in [0.15, 0.2) is 0 Å². The van der Waals surface area contributed by atoms with E-state index in [1.54, 1.807) is 36.4 Å². The molecule has 6 nitrogen and oxygen atoms in total. The van der Waals surface area contributed by atoms with E-state index in [1.165, 1.54) is 29.0 Å². The van der Waals surface area contributed by atoms with Crippen molar-refractivity contribution >= 4 is 21.6 Å². The van der Waals surface area contributed by atoms with Crippen molar-refractivity contribution in [2.24, 2.45) is 0 Å². The van der Waals surface area contributed by atoms with Crippen LogP contribution in [-0.2, 0) is 16.6 Å². The van der Waals surface area contributed by atoms with Crippen LogP contribution in [0.3, 0.4) is 0 Å². The first kappa shape index (κ1) is 22.8. The Morgan fingerprint density at radius 2 is 1.41 bits per heavy atom. The lowest BCUT2D eigenvalue weighted by atomic mass is 10.0. The van der Waals surface area contributed by atoms with E-state index in [0.29, 0.717) is 16.7 Å². The van der Waals surface area contributed by atoms with Crippen molar-refractivity contribution in [1.29, 1.82) is 5.26 Å². The van der Waals surface area contributed by atoms with Crippen LogP contribution < -0.4 is 10.0 Å². The molecule has 3 aromatic carbocycles. The van der Waals surface area contributed by atoms with E-state index in [9.17, 15) is 26.4 Å². The molecule has 32 heavy (non-hydrogen) atoms. The highest BCUT2D eigenvalue weighted by molar-refractivity contribution is 7.93. The first-order chi connectivity index (χ1) is 15.1. The first-order valence-electron chi connectivity index (χ1n) is 9.16. The molecule has 0 saturated carbocycles. The second kappa shape index (κ2) is 9.11. The Morgan fingerprint density at radius 3 is 1.91 bits per heavy atom. The topological polar surface area (TPSA) is 99.1 Å². The molecule has 0 saturated heterocycles. The molecule has 0 aromatic heterocycles. The highest BCUT2D eigenvalue weighted by atomic mass is 32.2. The molecule has 3 rings (SSSR count). The third kappa shape index (κ3) is 5.44. The molecule has 0 bridgehead atoms. The van der Waals surface area contributed by atoms with Crippen LogP contribution in [0.15, 0.2) is 72.8 Å². The summed E-state index contributed by atoms with van der Waals surface area (Å²) in [4.78, 5) is 12.4. The van der Waals surface area contributed by atoms with Gasteiger partial charge >= 0.3 is 15.5 Å². The molecule has 0 atom stereocenters. The van der Waals surface area contributed by atoms with E-state index < -0.39 is 15.5 Å². The number of benzene rings is 3. The van der Waals surface area contributed by atoms with Gasteiger partial charge in [0, 0.05) is 17.8 Å². The second-order valence-electron chi connectivity index (χ2n) is 6.70. The average Bonchev–Trinajstić information content (AvgIpc) is 2.77. The zero-order valence-corrected chi connectivity index (χ0v) is 17.2. The summed E-state index contributed by atoms with van der Waals surface area (Å²) in [6.45, 7) is 0.0997. The summed E-state index contributed by atoms with van der Waals surface area (Å²) in [6.07, 6.45) is 0. The van der Waals surface area contributed by atoms with E-state index in [2.05, 4.69) is 5.32 Å². The minimum absolute atomic E-state index is 0.0997. The fraction of sp³-hybridized carbons (Fsp3) is 0.0909. The Hall–Kier alpha value is -3.84. The molecule has 0 radical (unpaired) electrons. The van der Waals surface area contributed by atoms with Crippen molar-refractivity contribution in [1.82, 2.24) is 5.32 Å². The van der Waals surface area contributed by atoms with Gasteiger partial charge in [-0.2, -0.15) is 26.9 Å². The maximum absolute atomic E-state index is 12.4. The SMILES string of the molecule is N#Cc1ccc(-c2ccc(C(=O)NCc3ccc(NS(=O)(=O)C(F)(F)F)cc3)cc2)cc1. The number of alkyl halides is 3. The molecule has 3 aromatic rings. The summed E-state index contributed by atoms with van der Waals surface area (Å²) in [7, 11) is -5.49. The van der Waals surface area contributed by atoms with Gasteiger partial charge in [0.25, 0.3) is 5.91 Å². The summed E-state index contributed by atoms with van der Waals surface area (Å²) < 4.78 is 60.9. The first-order valence-corrected chi connectivity index (χ1v) is 10.6. The Balaban J connectivity index is 1.59. The molecule has 0 aliphatic carbocycles. The number of nitriles is 1. The van der Waals surface area contributed by atoms with Gasteiger partial charge in [0.05, 0.1) is 11.6 Å². The highest BCUT2D eigenvalue weighted by Crippen LogP contribution is 2.25. The number of sulfonamides is 1. The van der Waals surface area contributed by atoms with Crippen molar-refractivity contribution in [2.75, 3.05) is 4.72 Å². The number of hydrogen-bond acceptors (Lipinski definition) is 4. The highest BCUT2D eigenvalue weighted by Gasteiger charge is 2.45. The number of nitrogens with one attached hydrogen (secondary N) is 2. The zero-order valence-electron chi connectivity index (χ0n) is 16.3. The lowest BCUT2D eigenvalue weighted by molar-refractivity contribution is -0.0429. The molecule has 2 N–H and O–H groups in total. The van der Waals surface area contributed by atoms with Crippen LogP contribution in [0.2, 0.25) is 0 Å². The number of amides is 1. The van der Waals surface area contributed by atoms with E-state index in [4.69, 9.17) is 5.26 Å². The molecule has 0 fully saturated rings. The molecule has 0 spiro atoms. The van der Waals surface area contributed by atoms with Crippen molar-refractivity contribution in [3.05, 3.63) is 89.5 Å². The predicted octanol–water partition coefficient (Wildman–Crippen LogP) is 4.42. The fourth-order valence-corrected chi connectivity index (χ4v) is 3.30. The van der Waals surface area contributed by atoms with E-state index in [-0.39, 0.29) is 18.1 Å². The molecule has 164 valence electrons. The number of hydrogen-bond donors (Lipinski definition) is 2. The lowest BCUT2D eigenvalue weighted by Gasteiger charge is -2.11. The van der Waals surface area contributed by atoms with Crippen LogP contribution >= 0.6 is 0 Å². The van der Waals surface area contributed by atoms with Crippen LogP contribution in [0.5, 0.6) is 0 Å². The summed E-state index contributed by atoms with van der Waals surface area (Å²) in [5.41, 5.74) is -2.33. The van der Waals surface area contributed by atoms with Gasteiger partial charge < -0.3 is 5.32 Å². The van der Waals surface area contributed by atoms with Gasteiger partial charge in [-0.15, -0.1) is 0 Å². The van der Waals surface area contributed by atoms with Crippen LogP contribution in [0, 0.1) is 11.3 Å². The maximum Gasteiger partial charge on any atom is 0.516 e. The number of rotatable bonds is 6. The molecule has 0 heterocycles. The molecular weight excluding hydrogens is 443 g/mol. The number of anilines is 1. The quantitative estimate of drug-likeness (QED) is 0.570. The third-order valence-electron chi connectivity index (χ3n) is 4.46. The third-order valence-corrected chi connectivity index (χ3v) is 5.57. The molecule has 1 amide bonds. The van der Waals surface area contributed by atoms with Crippen LogP contribution in [0.25, 0.3) is 11.1 Å². The Kier molecular flexibility index (Phi) is 6.50. The van der Waals surface area contributed by atoms with Gasteiger partial charge in [-0.1, -0.05) is 36.4 Å². The normalized spacial score (nSPS) is 11.4. The standard InChI is InChI=1S/C22H16F3N3O3S/c23-22(24,25)32(30,31)28-20-11-3-16(4-12-20)14-27-21(29)19-9-7-18(8-10-19)17-5-1-15(13-26)2-6-17/h1-12,28H,14H2,(H,27,29). The Labute approximate surface area is 182 Å². The van der Waals surface area contributed by atoms with Gasteiger partial charge in [0.1, 0.15) is 0 Å². The number of nitrogens with zero attached hydrogens (tertiary/aromatic N) is 1. The number of halogens is 3. The van der Waals surface area contributed by atoms with Gasteiger partial charge in [-0.25, -0.2) is 0 Å². The van der Waals surface area contributed by atoms with Crippen LogP contribution in [-0.4, -0.2) is 19.8 Å². The van der Waals surface area contributed by atoms with Crippen molar-refractivity contribution < 1.29 is 26.4 Å². The Morgan fingerprint density at radius 1 is 0.875 bits per heavy atom. The van der Waals surface area contributed by atoms with Gasteiger partial charge in [-0.05, 0) is 53.1 Å². The average molecular weight is 459 g/mol. The molecule has 0 aliphatic heterocycles. The molecular formula is C22H16F3N3O3S. The summed E-state index contributed by atoms with van der Waals surface area (Å²) in [5.74, 6) is -0.349. The number of carbonyl (C=O) groups is 1. The second-order valence-corrected chi connectivity index (χ2v) is 8.37. The minimum Gasteiger partial charge on any atom is -0.348 e. The molecule has 10 heteroatoms. The van der Waals surface area contributed by atoms with E-state index in [0.717, 1.165) is 11.1 Å². The summed E-state index contributed by atoms with van der Waals surface area (Å²) in [5, 5.41) is 11.5. The van der Waals surface area contributed by atoms with Crippen LogP contribution in [0.1, 0.15) is 21.5 Å².